The number of carbonyl (C=O) groups is 4. The van der Waals surface area contributed by atoms with Gasteiger partial charge in [0.05, 0.1) is 12.0 Å². The van der Waals surface area contributed by atoms with Crippen molar-refractivity contribution >= 4 is 61.9 Å². The minimum Gasteiger partial charge on any atom is -0.496 e. The second-order valence-electron chi connectivity index (χ2n) is 15.2. The van der Waals surface area contributed by atoms with E-state index in [4.69, 9.17) is 14.2 Å². The van der Waals surface area contributed by atoms with Crippen LogP contribution in [0.15, 0.2) is 71.8 Å². The number of ether oxygens (including phenoxy) is 3. The third-order valence-corrected chi connectivity index (χ3v) is 9.82. The number of nitrogens with zero attached hydrogens (tertiary/aromatic N) is 2. The lowest BCUT2D eigenvalue weighted by atomic mass is 9.99. The number of methoxy groups -OCH3 is 1. The summed E-state index contributed by atoms with van der Waals surface area (Å²) in [7, 11) is -2.82. The Labute approximate surface area is 339 Å². The largest absolute Gasteiger partial charge is 0.501 e. The molecule has 0 aliphatic carbocycles. The van der Waals surface area contributed by atoms with Gasteiger partial charge in [0.1, 0.15) is 17.0 Å². The summed E-state index contributed by atoms with van der Waals surface area (Å²) in [6.07, 6.45) is -0.765. The van der Waals surface area contributed by atoms with E-state index in [0.717, 1.165) is 18.2 Å². The maximum Gasteiger partial charge on any atom is 0.501 e. The lowest BCUT2D eigenvalue weighted by Crippen LogP contribution is -2.44. The zero-order valence-electron chi connectivity index (χ0n) is 33.6. The number of alkyl halides is 3. The molecule has 4 N–H and O–H groups in total. The maximum atomic E-state index is 13.3. The molecule has 318 valence electrons. The van der Waals surface area contributed by atoms with Gasteiger partial charge in [-0.1, -0.05) is 6.07 Å². The third kappa shape index (κ3) is 11.6. The molecule has 0 aliphatic heterocycles. The molecule has 59 heavy (non-hydrogen) atoms. The van der Waals surface area contributed by atoms with Crippen LogP contribution in [0.5, 0.6) is 5.75 Å². The molecule has 0 fully saturated rings. The molecule has 0 aliphatic rings. The van der Waals surface area contributed by atoms with Crippen LogP contribution in [0, 0.1) is 0 Å². The van der Waals surface area contributed by atoms with Crippen molar-refractivity contribution in [3.63, 3.8) is 0 Å². The summed E-state index contributed by atoms with van der Waals surface area (Å²) < 4.78 is 80.4. The molecule has 3 amide bonds. The molecular weight excluding hydrogens is 800 g/mol. The van der Waals surface area contributed by atoms with Crippen molar-refractivity contribution in [2.45, 2.75) is 88.6 Å². The van der Waals surface area contributed by atoms with Gasteiger partial charge in [-0.15, -0.1) is 0 Å². The number of aryl methyl sites for hydroxylation is 1. The number of imide groups is 1. The fraction of sp³-hybridized carbons (Fsp3) is 0.375. The van der Waals surface area contributed by atoms with Gasteiger partial charge in [-0.3, -0.25) is 4.79 Å². The summed E-state index contributed by atoms with van der Waals surface area (Å²) in [5, 5.41) is 19.3. The summed E-state index contributed by atoms with van der Waals surface area (Å²) >= 11 is 0. The van der Waals surface area contributed by atoms with Crippen LogP contribution in [0.25, 0.3) is 10.8 Å². The SMILES string of the molecule is CNCc1cc(NC(=O)CCc2cc(C(Nc3ccc4c(N(C(=O)OC(C)(C)C)C(=O)OC(C)(C)C)nccc4c3)C(=O)O)ccc2OC)ccc1S(=O)(=O)C(F)(F)F. The first-order valence-corrected chi connectivity index (χ1v) is 19.5. The molecule has 0 saturated carbocycles. The average molecular weight is 846 g/mol. The molecule has 4 aromatic rings. The topological polar surface area (TPSA) is 203 Å². The van der Waals surface area contributed by atoms with Gasteiger partial charge in [-0.2, -0.15) is 18.1 Å². The minimum atomic E-state index is -5.65. The summed E-state index contributed by atoms with van der Waals surface area (Å²) in [4.78, 5) is 56.4. The third-order valence-electron chi connectivity index (χ3n) is 8.23. The van der Waals surface area contributed by atoms with E-state index in [1.54, 1.807) is 77.9 Å². The highest BCUT2D eigenvalue weighted by Crippen LogP contribution is 2.35. The normalized spacial score (nSPS) is 12.7. The number of hydrogen-bond donors (Lipinski definition) is 4. The first-order valence-electron chi connectivity index (χ1n) is 18.0. The number of rotatable bonds is 13. The van der Waals surface area contributed by atoms with Crippen molar-refractivity contribution in [2.75, 3.05) is 29.7 Å². The number of carboxylic acids is 1. The van der Waals surface area contributed by atoms with Gasteiger partial charge in [0.2, 0.25) is 5.91 Å². The number of halogens is 3. The van der Waals surface area contributed by atoms with Crippen molar-refractivity contribution in [3.05, 3.63) is 83.6 Å². The Morgan fingerprint density at radius 3 is 2.03 bits per heavy atom. The number of fused-ring (bicyclic) bond motifs is 1. The second kappa shape index (κ2) is 17.9. The molecule has 0 bridgehead atoms. The minimum absolute atomic E-state index is 0.0522. The van der Waals surface area contributed by atoms with Crippen LogP contribution in [0.3, 0.4) is 0 Å². The number of amides is 3. The monoisotopic (exact) mass is 845 g/mol. The fourth-order valence-corrected chi connectivity index (χ4v) is 6.74. The van der Waals surface area contributed by atoms with Crippen LogP contribution in [0.4, 0.5) is 40.0 Å². The number of carboxylic acid groups (broad SMARTS) is 1. The van der Waals surface area contributed by atoms with Crippen molar-refractivity contribution in [1.82, 2.24) is 10.3 Å². The average Bonchev–Trinajstić information content (AvgIpc) is 3.11. The molecule has 1 atom stereocenters. The van der Waals surface area contributed by atoms with Crippen LogP contribution in [0.2, 0.25) is 0 Å². The van der Waals surface area contributed by atoms with Crippen molar-refractivity contribution in [2.24, 2.45) is 0 Å². The molecule has 15 nitrogen and oxygen atoms in total. The Kier molecular flexibility index (Phi) is 13.9. The molecular formula is C40H46F3N5O10S. The van der Waals surface area contributed by atoms with Crippen molar-refractivity contribution in [1.29, 1.82) is 0 Å². The predicted octanol–water partition coefficient (Wildman–Crippen LogP) is 7.74. The van der Waals surface area contributed by atoms with E-state index < -0.39 is 61.5 Å². The van der Waals surface area contributed by atoms with Gasteiger partial charge >= 0.3 is 23.7 Å². The molecule has 0 radical (unpaired) electrons. The number of carbonyl (C=O) groups excluding carboxylic acids is 3. The van der Waals surface area contributed by atoms with Gasteiger partial charge in [-0.25, -0.2) is 27.8 Å². The van der Waals surface area contributed by atoms with E-state index >= 15 is 0 Å². The van der Waals surface area contributed by atoms with E-state index in [0.29, 0.717) is 38.2 Å². The van der Waals surface area contributed by atoms with Gasteiger partial charge in [-0.05, 0) is 132 Å². The molecule has 1 unspecified atom stereocenters. The van der Waals surface area contributed by atoms with Gasteiger partial charge in [0, 0.05) is 35.9 Å². The Balaban J connectivity index is 1.58. The number of hydrogen-bond acceptors (Lipinski definition) is 12. The van der Waals surface area contributed by atoms with Crippen LogP contribution in [0.1, 0.15) is 70.7 Å². The lowest BCUT2D eigenvalue weighted by molar-refractivity contribution is -0.138. The second-order valence-corrected chi connectivity index (χ2v) is 17.1. The van der Waals surface area contributed by atoms with Crippen molar-refractivity contribution < 1.29 is 60.1 Å². The fourth-order valence-electron chi connectivity index (χ4n) is 5.76. The van der Waals surface area contributed by atoms with Crippen LogP contribution < -0.4 is 25.6 Å². The Morgan fingerprint density at radius 2 is 1.47 bits per heavy atom. The van der Waals surface area contributed by atoms with E-state index in [-0.39, 0.29) is 36.5 Å². The molecule has 0 spiro atoms. The van der Waals surface area contributed by atoms with E-state index in [1.165, 1.54) is 26.4 Å². The first-order chi connectivity index (χ1) is 27.3. The number of anilines is 3. The highest BCUT2D eigenvalue weighted by atomic mass is 32.2. The number of pyridine rings is 1. The number of sulfone groups is 1. The summed E-state index contributed by atoms with van der Waals surface area (Å²) in [5.74, 6) is -1.52. The molecule has 19 heteroatoms. The summed E-state index contributed by atoms with van der Waals surface area (Å²) in [6, 6.07) is 12.6. The van der Waals surface area contributed by atoms with Gasteiger partial charge in [0.25, 0.3) is 9.84 Å². The Hall–Kier alpha value is -5.95. The first kappa shape index (κ1) is 45.7. The van der Waals surface area contributed by atoms with Crippen LogP contribution >= 0.6 is 0 Å². The van der Waals surface area contributed by atoms with Crippen LogP contribution in [-0.4, -0.2) is 73.4 Å². The zero-order valence-corrected chi connectivity index (χ0v) is 34.4. The molecule has 1 heterocycles. The van der Waals surface area contributed by atoms with Gasteiger partial charge in [0.15, 0.2) is 11.9 Å². The number of benzene rings is 3. The molecule has 3 aromatic carbocycles. The van der Waals surface area contributed by atoms with Crippen LogP contribution in [-0.2, 0) is 41.9 Å². The number of nitrogens with one attached hydrogen (secondary N) is 3. The van der Waals surface area contributed by atoms with Gasteiger partial charge < -0.3 is 35.3 Å². The maximum absolute atomic E-state index is 13.3. The zero-order chi connectivity index (χ0) is 44.1. The number of aliphatic carboxylic acids is 1. The van der Waals surface area contributed by atoms with E-state index in [9.17, 15) is 45.9 Å². The summed E-state index contributed by atoms with van der Waals surface area (Å²) in [6.45, 7) is 9.63. The van der Waals surface area contributed by atoms with E-state index in [1.807, 2.05) is 0 Å². The van der Waals surface area contributed by atoms with E-state index in [2.05, 4.69) is 20.9 Å². The predicted molar refractivity (Wildman–Crippen MR) is 213 cm³/mol. The lowest BCUT2D eigenvalue weighted by Gasteiger charge is -2.28. The standard InChI is InChI=1S/C40H46F3N5O10S/c1-38(2,3)57-36(52)48(37(53)58-39(4,5)6)34-29-13-11-28(20-23(29)17-18-45-34)47-33(35(50)51)25-9-14-30(56-8)24(19-25)10-16-32(49)46-27-12-15-31(26(21-27)22-44-7)59(54,55)40(41,42)43/h9,11-15,17-21,33,44,47H,10,16,22H2,1-8H3,(H,46,49)(H,50,51). The highest BCUT2D eigenvalue weighted by Gasteiger charge is 2.47. The summed E-state index contributed by atoms with van der Waals surface area (Å²) in [5.41, 5.74) is -6.44. The molecule has 0 saturated heterocycles. The number of aromatic nitrogens is 1. The highest BCUT2D eigenvalue weighted by molar-refractivity contribution is 7.92. The molecule has 4 rings (SSSR count). The Bertz CT molecular complexity index is 2310. The quantitative estimate of drug-likeness (QED) is 0.102. The van der Waals surface area contributed by atoms with Crippen molar-refractivity contribution in [3.8, 4) is 5.75 Å². The Morgan fingerprint density at radius 1 is 0.847 bits per heavy atom. The smallest absolute Gasteiger partial charge is 0.496 e. The molecule has 1 aromatic heterocycles.